The Morgan fingerprint density at radius 3 is 2.25 bits per heavy atom. The molecule has 0 bridgehead atoms. The van der Waals surface area contributed by atoms with Crippen LogP contribution >= 0.6 is 11.3 Å². The summed E-state index contributed by atoms with van der Waals surface area (Å²) in [5.41, 5.74) is 5.65. The van der Waals surface area contributed by atoms with Gasteiger partial charge in [-0.3, -0.25) is 10.2 Å². The maximum atomic E-state index is 13.3. The van der Waals surface area contributed by atoms with Crippen molar-refractivity contribution in [1.82, 2.24) is 9.99 Å². The van der Waals surface area contributed by atoms with E-state index in [4.69, 9.17) is 5.14 Å². The van der Waals surface area contributed by atoms with Crippen molar-refractivity contribution < 1.29 is 13.2 Å². The fourth-order valence-electron chi connectivity index (χ4n) is 3.46. The molecule has 180 valence electrons. The Morgan fingerprint density at radius 2 is 1.58 bits per heavy atom. The molecule has 0 spiro atoms. The number of amidine groups is 1. The molecule has 2 heterocycles. The molecule has 4 aromatic rings. The number of benzene rings is 3. The van der Waals surface area contributed by atoms with E-state index in [1.165, 1.54) is 28.5 Å². The number of carbonyl (C=O) groups excluding carboxylic acids is 1. The van der Waals surface area contributed by atoms with Crippen molar-refractivity contribution in [1.29, 1.82) is 0 Å². The molecular weight excluding hydrogens is 496 g/mol. The lowest BCUT2D eigenvalue weighted by Gasteiger charge is -2.18. The number of carbonyl (C=O) groups is 1. The van der Waals surface area contributed by atoms with E-state index in [0.717, 1.165) is 11.1 Å². The van der Waals surface area contributed by atoms with Gasteiger partial charge in [0.15, 0.2) is 16.8 Å². The van der Waals surface area contributed by atoms with Gasteiger partial charge in [-0.1, -0.05) is 60.7 Å². The number of aromatic nitrogens is 1. The van der Waals surface area contributed by atoms with Crippen LogP contribution in [0.2, 0.25) is 0 Å². The van der Waals surface area contributed by atoms with Crippen molar-refractivity contribution in [3.63, 3.8) is 0 Å². The summed E-state index contributed by atoms with van der Waals surface area (Å²) in [5.74, 6) is 0.601. The smallest absolute Gasteiger partial charge is 0.297 e. The van der Waals surface area contributed by atoms with Gasteiger partial charge in [0.1, 0.15) is 5.70 Å². The molecule has 3 aromatic carbocycles. The van der Waals surface area contributed by atoms with Crippen LogP contribution in [0.3, 0.4) is 0 Å². The van der Waals surface area contributed by atoms with Gasteiger partial charge in [0, 0.05) is 16.6 Å². The molecule has 0 atom stereocenters. The third kappa shape index (κ3) is 5.18. The minimum atomic E-state index is -3.76. The Kier molecular flexibility index (Phi) is 6.34. The summed E-state index contributed by atoms with van der Waals surface area (Å²) >= 11 is 1.32. The second-order valence-corrected chi connectivity index (χ2v) is 10.1. The van der Waals surface area contributed by atoms with Crippen molar-refractivity contribution >= 4 is 55.8 Å². The number of rotatable bonds is 7. The van der Waals surface area contributed by atoms with Crippen LogP contribution in [-0.4, -0.2) is 30.2 Å². The number of amides is 1. The van der Waals surface area contributed by atoms with E-state index in [1.807, 2.05) is 60.7 Å². The van der Waals surface area contributed by atoms with Crippen LogP contribution in [0.25, 0.3) is 6.08 Å². The average molecular weight is 517 g/mol. The Labute approximate surface area is 211 Å². The number of nitrogens with zero attached hydrogens (tertiary/aromatic N) is 3. The minimum absolute atomic E-state index is 0.0224. The predicted octanol–water partition coefficient (Wildman–Crippen LogP) is 4.19. The molecule has 5 rings (SSSR count). The molecule has 0 fully saturated rings. The van der Waals surface area contributed by atoms with Crippen molar-refractivity contribution in [3.8, 4) is 0 Å². The number of hydrogen-bond acceptors (Lipinski definition) is 8. The van der Waals surface area contributed by atoms with Crippen LogP contribution in [-0.2, 0) is 14.8 Å². The lowest BCUT2D eigenvalue weighted by molar-refractivity contribution is -0.121. The van der Waals surface area contributed by atoms with E-state index in [2.05, 4.69) is 20.7 Å². The number of nitrogens with one attached hydrogen (secondary N) is 2. The normalized spacial score (nSPS) is 14.7. The summed E-state index contributed by atoms with van der Waals surface area (Å²) in [6.07, 6.45) is 1.74. The molecule has 9 nitrogen and oxygen atoms in total. The summed E-state index contributed by atoms with van der Waals surface area (Å²) in [4.78, 5) is 22.4. The first-order valence-corrected chi connectivity index (χ1v) is 13.2. The average Bonchev–Trinajstić information content (AvgIpc) is 3.44. The van der Waals surface area contributed by atoms with Crippen molar-refractivity contribution in [3.05, 3.63) is 107 Å². The lowest BCUT2D eigenvalue weighted by Crippen LogP contribution is -2.38. The first-order chi connectivity index (χ1) is 17.4. The summed E-state index contributed by atoms with van der Waals surface area (Å²) in [6, 6.07) is 25.0. The third-order valence-corrected chi connectivity index (χ3v) is 6.85. The number of hydrogen-bond donors (Lipinski definition) is 3. The SMILES string of the molecule is NS(=O)(=O)c1ccc(Nc2nc(NN3C(=O)/C(=C\c4ccccc4)N=C3c3ccccc3)cs2)cc1. The molecule has 1 aromatic heterocycles. The van der Waals surface area contributed by atoms with Crippen LogP contribution in [0.5, 0.6) is 0 Å². The Hall–Kier alpha value is -4.32. The van der Waals surface area contributed by atoms with Crippen molar-refractivity contribution in [2.45, 2.75) is 4.90 Å². The van der Waals surface area contributed by atoms with E-state index in [0.29, 0.717) is 28.2 Å². The standard InChI is InChI=1S/C25H20N6O3S2/c26-36(33,34)20-13-11-19(12-14-20)27-25-29-22(16-35-25)30-31-23(18-9-5-2-6-10-18)28-21(24(31)32)15-17-7-3-1-4-8-17/h1-16,30H,(H,27,29)(H2,26,33,34)/b21-15+. The number of aliphatic imine (C=N–C) groups is 1. The summed E-state index contributed by atoms with van der Waals surface area (Å²) in [6.45, 7) is 0. The Balaban J connectivity index is 1.38. The third-order valence-electron chi connectivity index (χ3n) is 5.16. The van der Waals surface area contributed by atoms with Crippen molar-refractivity contribution in [2.75, 3.05) is 10.7 Å². The highest BCUT2D eigenvalue weighted by molar-refractivity contribution is 7.89. The van der Waals surface area contributed by atoms with Gasteiger partial charge in [-0.15, -0.1) is 11.3 Å². The molecule has 0 saturated heterocycles. The van der Waals surface area contributed by atoms with Gasteiger partial charge < -0.3 is 5.32 Å². The second kappa shape index (κ2) is 9.74. The fraction of sp³-hybridized carbons (Fsp3) is 0. The highest BCUT2D eigenvalue weighted by Gasteiger charge is 2.32. The molecule has 0 radical (unpaired) electrons. The van der Waals surface area contributed by atoms with E-state index in [9.17, 15) is 13.2 Å². The zero-order valence-corrected chi connectivity index (χ0v) is 20.3. The monoisotopic (exact) mass is 516 g/mol. The molecule has 1 aliphatic heterocycles. The number of anilines is 3. The predicted molar refractivity (Wildman–Crippen MR) is 141 cm³/mol. The van der Waals surface area contributed by atoms with E-state index in [-0.39, 0.29) is 10.8 Å². The number of nitrogens with two attached hydrogens (primary N) is 1. The molecule has 4 N–H and O–H groups in total. The molecule has 11 heteroatoms. The highest BCUT2D eigenvalue weighted by Crippen LogP contribution is 2.27. The lowest BCUT2D eigenvalue weighted by atomic mass is 10.2. The van der Waals surface area contributed by atoms with Crippen LogP contribution < -0.4 is 15.9 Å². The second-order valence-electron chi connectivity index (χ2n) is 7.73. The fourth-order valence-corrected chi connectivity index (χ4v) is 4.63. The zero-order chi connectivity index (χ0) is 25.1. The van der Waals surface area contributed by atoms with Crippen LogP contribution in [0, 0.1) is 0 Å². The van der Waals surface area contributed by atoms with Gasteiger partial charge in [-0.2, -0.15) is 5.01 Å². The Bertz CT molecular complexity index is 1570. The van der Waals surface area contributed by atoms with Crippen molar-refractivity contribution in [2.24, 2.45) is 10.1 Å². The highest BCUT2D eigenvalue weighted by atomic mass is 32.2. The number of sulfonamides is 1. The van der Waals surface area contributed by atoms with Crippen LogP contribution in [0.1, 0.15) is 11.1 Å². The van der Waals surface area contributed by atoms with Gasteiger partial charge in [0.05, 0.1) is 4.90 Å². The Morgan fingerprint density at radius 1 is 0.917 bits per heavy atom. The summed E-state index contributed by atoms with van der Waals surface area (Å²) in [7, 11) is -3.76. The minimum Gasteiger partial charge on any atom is -0.331 e. The largest absolute Gasteiger partial charge is 0.331 e. The summed E-state index contributed by atoms with van der Waals surface area (Å²) < 4.78 is 22.9. The van der Waals surface area contributed by atoms with Crippen LogP contribution in [0.4, 0.5) is 16.6 Å². The molecule has 0 unspecified atom stereocenters. The maximum Gasteiger partial charge on any atom is 0.297 e. The van der Waals surface area contributed by atoms with Gasteiger partial charge in [0.2, 0.25) is 10.0 Å². The van der Waals surface area contributed by atoms with E-state index >= 15 is 0 Å². The zero-order valence-electron chi connectivity index (χ0n) is 18.7. The molecule has 1 amide bonds. The number of primary sulfonamides is 1. The van der Waals surface area contributed by atoms with Crippen LogP contribution in [0.15, 0.2) is 106 Å². The van der Waals surface area contributed by atoms with Gasteiger partial charge in [0.25, 0.3) is 5.91 Å². The first kappa shape index (κ1) is 23.4. The van der Waals surface area contributed by atoms with Gasteiger partial charge in [-0.25, -0.2) is 23.5 Å². The molecule has 1 aliphatic rings. The van der Waals surface area contributed by atoms with Gasteiger partial charge >= 0.3 is 0 Å². The molecular formula is C25H20N6O3S2. The molecule has 36 heavy (non-hydrogen) atoms. The number of hydrazine groups is 1. The summed E-state index contributed by atoms with van der Waals surface area (Å²) in [5, 5.41) is 11.9. The quantitative estimate of drug-likeness (QED) is 0.316. The molecule has 0 aliphatic carbocycles. The first-order valence-electron chi connectivity index (χ1n) is 10.7. The van der Waals surface area contributed by atoms with E-state index < -0.39 is 10.0 Å². The molecule has 0 saturated carbocycles. The van der Waals surface area contributed by atoms with E-state index in [1.54, 1.807) is 23.6 Å². The maximum absolute atomic E-state index is 13.3. The topological polar surface area (TPSA) is 130 Å². The van der Waals surface area contributed by atoms with Gasteiger partial charge in [-0.05, 0) is 35.9 Å². The number of thiazole rings is 1.